The molecule has 0 radical (unpaired) electrons. The minimum atomic E-state index is -0.655. The fraction of sp³-hybridized carbons (Fsp3) is 0.214. The molecule has 0 bridgehead atoms. The summed E-state index contributed by atoms with van der Waals surface area (Å²) in [7, 11) is 3.16. The summed E-state index contributed by atoms with van der Waals surface area (Å²) in [6.45, 7) is 2.76. The van der Waals surface area contributed by atoms with Crippen LogP contribution in [0.1, 0.15) is 34.3 Å². The Bertz CT molecular complexity index is 1300. The van der Waals surface area contributed by atoms with Crippen LogP contribution < -0.4 is 15.5 Å². The number of anilines is 2. The molecule has 1 unspecified atom stereocenters. The summed E-state index contributed by atoms with van der Waals surface area (Å²) < 4.78 is 4.80. The van der Waals surface area contributed by atoms with Crippen molar-refractivity contribution in [1.82, 2.24) is 5.32 Å². The molecule has 0 saturated heterocycles. The third kappa shape index (κ3) is 5.18. The van der Waals surface area contributed by atoms with Crippen LogP contribution in [0.4, 0.5) is 17.1 Å². The van der Waals surface area contributed by atoms with Crippen LogP contribution in [0.15, 0.2) is 77.8 Å². The molecular formula is C28H28N4O4. The van der Waals surface area contributed by atoms with Gasteiger partial charge >= 0.3 is 5.97 Å². The lowest BCUT2D eigenvalue weighted by Crippen LogP contribution is -2.34. The Labute approximate surface area is 210 Å². The SMILES string of the molecule is CNCCN(C(C)=O)c1ccc(N=C(c2ccccc2)C2C(=O)Nc3cc(C(=O)OC)ccc32)cc1. The Morgan fingerprint density at radius 2 is 1.75 bits per heavy atom. The van der Waals surface area contributed by atoms with Gasteiger partial charge in [0, 0.05) is 31.4 Å². The minimum Gasteiger partial charge on any atom is -0.465 e. The van der Waals surface area contributed by atoms with E-state index in [1.807, 2.05) is 61.6 Å². The Balaban J connectivity index is 1.73. The van der Waals surface area contributed by atoms with Crippen LogP contribution in [0.5, 0.6) is 0 Å². The summed E-state index contributed by atoms with van der Waals surface area (Å²) in [6, 6.07) is 21.9. The highest BCUT2D eigenvalue weighted by atomic mass is 16.5. The molecule has 3 aromatic carbocycles. The summed E-state index contributed by atoms with van der Waals surface area (Å²) in [6.07, 6.45) is 0. The number of nitrogens with zero attached hydrogens (tertiary/aromatic N) is 2. The highest BCUT2D eigenvalue weighted by Crippen LogP contribution is 2.37. The van der Waals surface area contributed by atoms with Crippen molar-refractivity contribution in [3.05, 3.63) is 89.5 Å². The van der Waals surface area contributed by atoms with Crippen LogP contribution in [0.25, 0.3) is 0 Å². The van der Waals surface area contributed by atoms with Gasteiger partial charge in [-0.25, -0.2) is 4.79 Å². The van der Waals surface area contributed by atoms with Gasteiger partial charge in [-0.05, 0) is 54.6 Å². The Morgan fingerprint density at radius 1 is 1.03 bits per heavy atom. The van der Waals surface area contributed by atoms with Crippen molar-refractivity contribution in [1.29, 1.82) is 0 Å². The summed E-state index contributed by atoms with van der Waals surface area (Å²) >= 11 is 0. The molecule has 4 rings (SSSR count). The molecule has 0 fully saturated rings. The molecule has 2 amide bonds. The number of esters is 1. The number of amides is 2. The van der Waals surface area contributed by atoms with E-state index in [2.05, 4.69) is 10.6 Å². The Hall–Kier alpha value is -4.30. The average molecular weight is 485 g/mol. The number of carbonyl (C=O) groups is 3. The van der Waals surface area contributed by atoms with E-state index >= 15 is 0 Å². The summed E-state index contributed by atoms with van der Waals surface area (Å²) in [5.41, 5.74) is 4.49. The molecule has 0 aliphatic carbocycles. The predicted octanol–water partition coefficient (Wildman–Crippen LogP) is 3.90. The van der Waals surface area contributed by atoms with Crippen LogP contribution in [0, 0.1) is 0 Å². The van der Waals surface area contributed by atoms with Crippen molar-refractivity contribution in [2.24, 2.45) is 4.99 Å². The summed E-state index contributed by atoms with van der Waals surface area (Å²) in [5.74, 6) is -1.39. The quantitative estimate of drug-likeness (QED) is 0.373. The molecular weight excluding hydrogens is 456 g/mol. The highest BCUT2D eigenvalue weighted by Gasteiger charge is 2.36. The second kappa shape index (κ2) is 11.0. The number of fused-ring (bicyclic) bond motifs is 1. The molecule has 1 aliphatic rings. The molecule has 8 heteroatoms. The number of likely N-dealkylation sites (N-methyl/N-ethyl adjacent to an activating group) is 1. The van der Waals surface area contributed by atoms with E-state index in [4.69, 9.17) is 9.73 Å². The molecule has 184 valence electrons. The smallest absolute Gasteiger partial charge is 0.337 e. The number of aliphatic imine (C=N–C) groups is 1. The van der Waals surface area contributed by atoms with Crippen LogP contribution in [0.3, 0.4) is 0 Å². The minimum absolute atomic E-state index is 0.0444. The van der Waals surface area contributed by atoms with Gasteiger partial charge in [0.2, 0.25) is 11.8 Å². The van der Waals surface area contributed by atoms with E-state index < -0.39 is 11.9 Å². The Morgan fingerprint density at radius 3 is 2.39 bits per heavy atom. The van der Waals surface area contributed by atoms with Crippen LogP contribution in [-0.4, -0.2) is 50.7 Å². The second-order valence-corrected chi connectivity index (χ2v) is 8.37. The molecule has 1 atom stereocenters. The number of benzene rings is 3. The monoisotopic (exact) mass is 484 g/mol. The zero-order chi connectivity index (χ0) is 25.7. The molecule has 2 N–H and O–H groups in total. The third-order valence-electron chi connectivity index (χ3n) is 6.02. The molecule has 0 aromatic heterocycles. The second-order valence-electron chi connectivity index (χ2n) is 8.37. The number of nitrogens with one attached hydrogen (secondary N) is 2. The first-order valence-electron chi connectivity index (χ1n) is 11.6. The van der Waals surface area contributed by atoms with E-state index in [0.717, 1.165) is 16.8 Å². The van der Waals surface area contributed by atoms with E-state index in [1.54, 1.807) is 23.1 Å². The van der Waals surface area contributed by atoms with E-state index in [1.165, 1.54) is 14.0 Å². The maximum absolute atomic E-state index is 13.1. The Kier molecular flexibility index (Phi) is 7.56. The van der Waals surface area contributed by atoms with Crippen molar-refractivity contribution in [3.8, 4) is 0 Å². The fourth-order valence-corrected chi connectivity index (χ4v) is 4.22. The van der Waals surface area contributed by atoms with Gasteiger partial charge in [0.05, 0.1) is 24.1 Å². The fourth-order valence-electron chi connectivity index (χ4n) is 4.22. The van der Waals surface area contributed by atoms with Crippen molar-refractivity contribution in [3.63, 3.8) is 0 Å². The lowest BCUT2D eigenvalue weighted by atomic mass is 9.90. The number of methoxy groups -OCH3 is 1. The van der Waals surface area contributed by atoms with E-state index in [-0.39, 0.29) is 11.8 Å². The van der Waals surface area contributed by atoms with Gasteiger partial charge in [0.15, 0.2) is 0 Å². The molecule has 0 spiro atoms. The summed E-state index contributed by atoms with van der Waals surface area (Å²) in [5, 5.41) is 5.94. The van der Waals surface area contributed by atoms with Crippen molar-refractivity contribution in [2.75, 3.05) is 37.5 Å². The summed E-state index contributed by atoms with van der Waals surface area (Å²) in [4.78, 5) is 43.8. The average Bonchev–Trinajstić information content (AvgIpc) is 3.22. The van der Waals surface area contributed by atoms with Gasteiger partial charge in [0.1, 0.15) is 5.92 Å². The molecule has 0 saturated carbocycles. The number of rotatable bonds is 8. The highest BCUT2D eigenvalue weighted by molar-refractivity contribution is 6.24. The molecule has 36 heavy (non-hydrogen) atoms. The van der Waals surface area contributed by atoms with Gasteiger partial charge < -0.3 is 20.3 Å². The first-order valence-corrected chi connectivity index (χ1v) is 11.6. The molecule has 1 aliphatic heterocycles. The van der Waals surface area contributed by atoms with Gasteiger partial charge in [-0.3, -0.25) is 14.6 Å². The van der Waals surface area contributed by atoms with E-state index in [9.17, 15) is 14.4 Å². The maximum atomic E-state index is 13.1. The van der Waals surface area contributed by atoms with Crippen LogP contribution in [-0.2, 0) is 14.3 Å². The van der Waals surface area contributed by atoms with Crippen molar-refractivity contribution < 1.29 is 19.1 Å². The van der Waals surface area contributed by atoms with Gasteiger partial charge in [-0.15, -0.1) is 0 Å². The number of hydrogen-bond acceptors (Lipinski definition) is 6. The zero-order valence-corrected chi connectivity index (χ0v) is 20.4. The molecule has 3 aromatic rings. The largest absolute Gasteiger partial charge is 0.465 e. The normalized spacial score (nSPS) is 14.7. The topological polar surface area (TPSA) is 100 Å². The predicted molar refractivity (Wildman–Crippen MR) is 140 cm³/mol. The zero-order valence-electron chi connectivity index (χ0n) is 20.4. The molecule has 8 nitrogen and oxygen atoms in total. The van der Waals surface area contributed by atoms with Crippen LogP contribution in [0.2, 0.25) is 0 Å². The van der Waals surface area contributed by atoms with Crippen molar-refractivity contribution >= 4 is 40.6 Å². The van der Waals surface area contributed by atoms with Gasteiger partial charge in [-0.1, -0.05) is 36.4 Å². The third-order valence-corrected chi connectivity index (χ3v) is 6.02. The van der Waals surface area contributed by atoms with Crippen molar-refractivity contribution in [2.45, 2.75) is 12.8 Å². The lowest BCUT2D eigenvalue weighted by molar-refractivity contribution is -0.117. The number of ether oxygens (including phenoxy) is 1. The molecule has 1 heterocycles. The number of carbonyl (C=O) groups excluding carboxylic acids is 3. The first-order chi connectivity index (χ1) is 17.4. The van der Waals surface area contributed by atoms with E-state index in [0.29, 0.717) is 35.7 Å². The van der Waals surface area contributed by atoms with Crippen LogP contribution >= 0.6 is 0 Å². The van der Waals surface area contributed by atoms with Gasteiger partial charge in [-0.2, -0.15) is 0 Å². The lowest BCUT2D eigenvalue weighted by Gasteiger charge is -2.21. The maximum Gasteiger partial charge on any atom is 0.337 e. The van der Waals surface area contributed by atoms with Gasteiger partial charge in [0.25, 0.3) is 0 Å². The number of hydrogen-bond donors (Lipinski definition) is 2. The standard InChI is InChI=1S/C28H28N4O4/c1-18(33)32(16-15-29-2)22-12-10-21(11-13-22)30-26(19-7-5-4-6-8-19)25-23-14-9-20(28(35)36-3)17-24(23)31-27(25)34/h4-14,17,25,29H,15-16H2,1-3H3,(H,31,34). The first kappa shape index (κ1) is 24.8.